The zero-order valence-electron chi connectivity index (χ0n) is 12.0. The molecule has 0 fully saturated rings. The van der Waals surface area contributed by atoms with Gasteiger partial charge in [-0.2, -0.15) is 0 Å². The van der Waals surface area contributed by atoms with Crippen molar-refractivity contribution < 1.29 is 0 Å². The van der Waals surface area contributed by atoms with E-state index in [-0.39, 0.29) is 0 Å². The number of aromatic nitrogens is 1. The van der Waals surface area contributed by atoms with Gasteiger partial charge in [-0.05, 0) is 68.4 Å². The second kappa shape index (κ2) is 4.80. The van der Waals surface area contributed by atoms with E-state index in [0.717, 1.165) is 5.52 Å². The quantitative estimate of drug-likeness (QED) is 0.690. The Balaban J connectivity index is 2.14. The third-order valence-electron chi connectivity index (χ3n) is 4.06. The van der Waals surface area contributed by atoms with Crippen molar-refractivity contribution in [1.82, 2.24) is 4.98 Å². The first-order chi connectivity index (χ1) is 9.13. The topological polar surface area (TPSA) is 12.9 Å². The van der Waals surface area contributed by atoms with E-state index in [9.17, 15) is 0 Å². The number of hydrogen-bond acceptors (Lipinski definition) is 1. The lowest BCUT2D eigenvalue weighted by molar-refractivity contribution is 0.592. The van der Waals surface area contributed by atoms with Gasteiger partial charge in [0, 0.05) is 5.39 Å². The van der Waals surface area contributed by atoms with Crippen LogP contribution in [0.2, 0.25) is 0 Å². The van der Waals surface area contributed by atoms with Crippen molar-refractivity contribution >= 4 is 16.5 Å². The Labute approximate surface area is 115 Å². The van der Waals surface area contributed by atoms with Crippen molar-refractivity contribution in [2.75, 3.05) is 0 Å². The van der Waals surface area contributed by atoms with Crippen LogP contribution in [0.5, 0.6) is 0 Å². The summed E-state index contributed by atoms with van der Waals surface area (Å²) in [5.41, 5.74) is 6.37. The molecule has 2 aromatic rings. The van der Waals surface area contributed by atoms with Crippen LogP contribution in [-0.2, 0) is 0 Å². The van der Waals surface area contributed by atoms with Gasteiger partial charge in [0.05, 0.1) is 11.2 Å². The summed E-state index contributed by atoms with van der Waals surface area (Å²) >= 11 is 0. The number of fused-ring (bicyclic) bond motifs is 1. The number of allylic oxidation sites excluding steroid dienone is 2. The first-order valence-corrected chi connectivity index (χ1v) is 7.22. The molecule has 1 atom stereocenters. The Morgan fingerprint density at radius 2 is 2.00 bits per heavy atom. The van der Waals surface area contributed by atoms with Gasteiger partial charge in [-0.25, -0.2) is 4.98 Å². The third-order valence-corrected chi connectivity index (χ3v) is 4.06. The van der Waals surface area contributed by atoms with E-state index in [4.69, 9.17) is 4.98 Å². The van der Waals surface area contributed by atoms with E-state index >= 15 is 0 Å². The molecule has 19 heavy (non-hydrogen) atoms. The predicted octanol–water partition coefficient (Wildman–Crippen LogP) is 5.06. The summed E-state index contributed by atoms with van der Waals surface area (Å²) in [6.45, 7) is 6.62. The molecule has 1 heteroatoms. The molecule has 0 amide bonds. The van der Waals surface area contributed by atoms with Gasteiger partial charge in [-0.1, -0.05) is 24.6 Å². The fourth-order valence-corrected chi connectivity index (χ4v) is 3.05. The smallest absolute Gasteiger partial charge is 0.0709 e. The van der Waals surface area contributed by atoms with Gasteiger partial charge >= 0.3 is 0 Å². The van der Waals surface area contributed by atoms with Crippen molar-refractivity contribution in [2.24, 2.45) is 5.92 Å². The Morgan fingerprint density at radius 1 is 1.16 bits per heavy atom. The SMILES string of the molecule is Cc1ccc2nc(C3=CC(C)CCC3)c(C)cc2c1. The lowest BCUT2D eigenvalue weighted by atomic mass is 9.88. The number of aryl methyl sites for hydroxylation is 2. The van der Waals surface area contributed by atoms with Crippen LogP contribution in [0.1, 0.15) is 43.0 Å². The number of nitrogens with zero attached hydrogens (tertiary/aromatic N) is 1. The van der Waals surface area contributed by atoms with Gasteiger partial charge < -0.3 is 0 Å². The molecule has 1 heterocycles. The molecular weight excluding hydrogens is 230 g/mol. The Morgan fingerprint density at radius 3 is 2.79 bits per heavy atom. The molecule has 0 N–H and O–H groups in total. The average molecular weight is 251 g/mol. The van der Waals surface area contributed by atoms with Crippen LogP contribution in [0.3, 0.4) is 0 Å². The highest BCUT2D eigenvalue weighted by atomic mass is 14.7. The van der Waals surface area contributed by atoms with Crippen molar-refractivity contribution in [3.63, 3.8) is 0 Å². The van der Waals surface area contributed by atoms with Gasteiger partial charge in [-0.15, -0.1) is 0 Å². The van der Waals surface area contributed by atoms with E-state index in [0.29, 0.717) is 5.92 Å². The third kappa shape index (κ3) is 2.42. The van der Waals surface area contributed by atoms with Crippen LogP contribution in [0.25, 0.3) is 16.5 Å². The second-order valence-corrected chi connectivity index (χ2v) is 5.91. The standard InChI is InChI=1S/C18H21N/c1-12-5-4-6-15(9-12)18-14(3)11-16-10-13(2)7-8-17(16)19-18/h7-12H,4-6H2,1-3H3. The molecule has 0 aliphatic heterocycles. The van der Waals surface area contributed by atoms with Crippen molar-refractivity contribution in [3.05, 3.63) is 47.2 Å². The largest absolute Gasteiger partial charge is 0.248 e. The van der Waals surface area contributed by atoms with E-state index in [1.54, 1.807) is 0 Å². The molecule has 1 aromatic heterocycles. The summed E-state index contributed by atoms with van der Waals surface area (Å²) in [6.07, 6.45) is 6.20. The Bertz CT molecular complexity index is 652. The van der Waals surface area contributed by atoms with Crippen LogP contribution in [0.15, 0.2) is 30.3 Å². The monoisotopic (exact) mass is 251 g/mol. The van der Waals surface area contributed by atoms with Crippen molar-refractivity contribution in [1.29, 1.82) is 0 Å². The van der Waals surface area contributed by atoms with E-state index in [2.05, 4.69) is 51.1 Å². The summed E-state index contributed by atoms with van der Waals surface area (Å²) in [7, 11) is 0. The molecule has 98 valence electrons. The normalized spacial score (nSPS) is 19.5. The number of hydrogen-bond donors (Lipinski definition) is 0. The van der Waals surface area contributed by atoms with Crippen LogP contribution in [-0.4, -0.2) is 4.98 Å². The Hall–Kier alpha value is -1.63. The van der Waals surface area contributed by atoms with E-state index in [1.165, 1.54) is 47.0 Å². The van der Waals surface area contributed by atoms with Gasteiger partial charge in [0.25, 0.3) is 0 Å². The van der Waals surface area contributed by atoms with Crippen LogP contribution < -0.4 is 0 Å². The van der Waals surface area contributed by atoms with E-state index < -0.39 is 0 Å². The van der Waals surface area contributed by atoms with Crippen LogP contribution in [0, 0.1) is 19.8 Å². The van der Waals surface area contributed by atoms with Crippen molar-refractivity contribution in [2.45, 2.75) is 40.0 Å². The molecule has 1 aliphatic carbocycles. The molecule has 1 nitrogen and oxygen atoms in total. The summed E-state index contributed by atoms with van der Waals surface area (Å²) in [6, 6.07) is 8.79. The molecular formula is C18H21N. The van der Waals surface area contributed by atoms with Gasteiger partial charge in [0.2, 0.25) is 0 Å². The maximum absolute atomic E-state index is 4.91. The fourth-order valence-electron chi connectivity index (χ4n) is 3.05. The van der Waals surface area contributed by atoms with Gasteiger partial charge in [0.1, 0.15) is 0 Å². The van der Waals surface area contributed by atoms with Crippen LogP contribution in [0.4, 0.5) is 0 Å². The number of benzene rings is 1. The highest BCUT2D eigenvalue weighted by molar-refractivity contribution is 5.83. The van der Waals surface area contributed by atoms with Gasteiger partial charge in [0.15, 0.2) is 0 Å². The van der Waals surface area contributed by atoms with E-state index in [1.807, 2.05) is 0 Å². The summed E-state index contributed by atoms with van der Waals surface area (Å²) in [4.78, 5) is 4.91. The Kier molecular flexibility index (Phi) is 3.14. The number of pyridine rings is 1. The highest BCUT2D eigenvalue weighted by Gasteiger charge is 2.14. The highest BCUT2D eigenvalue weighted by Crippen LogP contribution is 2.31. The fraction of sp³-hybridized carbons (Fsp3) is 0.389. The molecule has 1 unspecified atom stereocenters. The summed E-state index contributed by atoms with van der Waals surface area (Å²) in [5, 5.41) is 1.26. The summed E-state index contributed by atoms with van der Waals surface area (Å²) in [5.74, 6) is 0.693. The minimum Gasteiger partial charge on any atom is -0.248 e. The lowest BCUT2D eigenvalue weighted by Crippen LogP contribution is -2.03. The minimum absolute atomic E-state index is 0.693. The summed E-state index contributed by atoms with van der Waals surface area (Å²) < 4.78 is 0. The maximum Gasteiger partial charge on any atom is 0.0709 e. The van der Waals surface area contributed by atoms with Crippen molar-refractivity contribution in [3.8, 4) is 0 Å². The van der Waals surface area contributed by atoms with Gasteiger partial charge in [-0.3, -0.25) is 0 Å². The molecule has 0 radical (unpaired) electrons. The molecule has 1 aliphatic rings. The molecule has 1 aromatic carbocycles. The molecule has 0 spiro atoms. The average Bonchev–Trinajstić information content (AvgIpc) is 2.37. The lowest BCUT2D eigenvalue weighted by Gasteiger charge is -2.19. The first kappa shape index (κ1) is 12.4. The van der Waals surface area contributed by atoms with Crippen LogP contribution >= 0.6 is 0 Å². The molecule has 3 rings (SSSR count). The second-order valence-electron chi connectivity index (χ2n) is 5.91. The maximum atomic E-state index is 4.91. The zero-order valence-corrected chi connectivity index (χ0v) is 12.0. The molecule has 0 bridgehead atoms. The first-order valence-electron chi connectivity index (χ1n) is 7.22. The number of rotatable bonds is 1. The predicted molar refractivity (Wildman–Crippen MR) is 82.2 cm³/mol. The minimum atomic E-state index is 0.693. The molecule has 0 saturated heterocycles. The zero-order chi connectivity index (χ0) is 13.4. The molecule has 0 saturated carbocycles.